The second-order valence-corrected chi connectivity index (χ2v) is 5.23. The van der Waals surface area contributed by atoms with Crippen molar-refractivity contribution in [2.45, 2.75) is 13.8 Å². The summed E-state index contributed by atoms with van der Waals surface area (Å²) in [6, 6.07) is 2.81. The van der Waals surface area contributed by atoms with E-state index in [1.54, 1.807) is 26.0 Å². The lowest BCUT2D eigenvalue weighted by Gasteiger charge is -2.09. The third kappa shape index (κ3) is 3.02. The molecule has 0 bridgehead atoms. The number of amides is 3. The molecule has 0 unspecified atom stereocenters. The number of imide groups is 1. The standard InChI is InChI=1S/C14H15BrN2O4/c1-3-17-13(19)10(16-14(17)20)6-8-5-9(15)7-11(12(8)18)21-4-2/h5-7,18H,3-4H2,1-2H3,(H,16,20)/b10-6+. The van der Waals surface area contributed by atoms with Crippen LogP contribution in [0.25, 0.3) is 6.08 Å². The fraction of sp³-hybridized carbons (Fsp3) is 0.286. The van der Waals surface area contributed by atoms with Crippen LogP contribution in [0.5, 0.6) is 11.5 Å². The van der Waals surface area contributed by atoms with Gasteiger partial charge in [-0.1, -0.05) is 15.9 Å². The topological polar surface area (TPSA) is 78.9 Å². The number of carbonyl (C=O) groups excluding carboxylic acids is 2. The molecule has 0 saturated carbocycles. The molecule has 1 aromatic rings. The largest absolute Gasteiger partial charge is 0.504 e. The Morgan fingerprint density at radius 3 is 2.67 bits per heavy atom. The van der Waals surface area contributed by atoms with Crippen LogP contribution in [-0.2, 0) is 4.79 Å². The zero-order valence-corrected chi connectivity index (χ0v) is 13.2. The lowest BCUT2D eigenvalue weighted by atomic mass is 10.1. The van der Waals surface area contributed by atoms with Gasteiger partial charge in [-0.15, -0.1) is 0 Å². The molecule has 6 nitrogen and oxygen atoms in total. The first-order chi connectivity index (χ1) is 9.97. The third-order valence-electron chi connectivity index (χ3n) is 2.95. The molecule has 0 radical (unpaired) electrons. The molecule has 1 fully saturated rings. The van der Waals surface area contributed by atoms with Crippen molar-refractivity contribution in [2.75, 3.05) is 13.2 Å². The zero-order valence-electron chi connectivity index (χ0n) is 11.6. The van der Waals surface area contributed by atoms with E-state index in [0.29, 0.717) is 22.4 Å². The highest BCUT2D eigenvalue weighted by atomic mass is 79.9. The number of hydrogen-bond donors (Lipinski definition) is 2. The summed E-state index contributed by atoms with van der Waals surface area (Å²) < 4.78 is 6.02. The number of halogens is 1. The van der Waals surface area contributed by atoms with E-state index in [2.05, 4.69) is 21.2 Å². The van der Waals surface area contributed by atoms with Crippen molar-refractivity contribution < 1.29 is 19.4 Å². The number of phenolic OH excluding ortho intramolecular Hbond substituents is 1. The van der Waals surface area contributed by atoms with E-state index in [-0.39, 0.29) is 18.0 Å². The Labute approximate surface area is 130 Å². The van der Waals surface area contributed by atoms with Gasteiger partial charge >= 0.3 is 6.03 Å². The molecule has 0 aliphatic carbocycles. The van der Waals surface area contributed by atoms with Crippen LogP contribution in [0.3, 0.4) is 0 Å². The Morgan fingerprint density at radius 2 is 2.10 bits per heavy atom. The highest BCUT2D eigenvalue weighted by Gasteiger charge is 2.32. The van der Waals surface area contributed by atoms with E-state index in [4.69, 9.17) is 4.74 Å². The fourth-order valence-electron chi connectivity index (χ4n) is 1.98. The Morgan fingerprint density at radius 1 is 1.38 bits per heavy atom. The lowest BCUT2D eigenvalue weighted by Crippen LogP contribution is -2.30. The fourth-order valence-corrected chi connectivity index (χ4v) is 2.44. The second kappa shape index (κ2) is 6.17. The number of nitrogens with zero attached hydrogens (tertiary/aromatic N) is 1. The van der Waals surface area contributed by atoms with E-state index in [0.717, 1.165) is 4.90 Å². The number of urea groups is 1. The van der Waals surface area contributed by atoms with E-state index >= 15 is 0 Å². The van der Waals surface area contributed by atoms with Crippen molar-refractivity contribution in [2.24, 2.45) is 0 Å². The van der Waals surface area contributed by atoms with Crippen LogP contribution in [0.15, 0.2) is 22.3 Å². The highest BCUT2D eigenvalue weighted by Crippen LogP contribution is 2.35. The smallest absolute Gasteiger partial charge is 0.328 e. The predicted octanol–water partition coefficient (Wildman–Crippen LogP) is 2.47. The van der Waals surface area contributed by atoms with Crippen molar-refractivity contribution in [3.05, 3.63) is 27.9 Å². The molecule has 21 heavy (non-hydrogen) atoms. The van der Waals surface area contributed by atoms with Gasteiger partial charge in [0.15, 0.2) is 11.5 Å². The molecule has 1 aliphatic heterocycles. The molecule has 1 saturated heterocycles. The van der Waals surface area contributed by atoms with Gasteiger partial charge in [-0.05, 0) is 32.1 Å². The average Bonchev–Trinajstić information content (AvgIpc) is 2.69. The van der Waals surface area contributed by atoms with Gasteiger partial charge in [0.2, 0.25) is 0 Å². The van der Waals surface area contributed by atoms with Crippen LogP contribution in [-0.4, -0.2) is 35.1 Å². The molecule has 1 aromatic carbocycles. The minimum absolute atomic E-state index is 0.0791. The van der Waals surface area contributed by atoms with Crippen LogP contribution < -0.4 is 10.1 Å². The molecular formula is C14H15BrN2O4. The first kappa shape index (κ1) is 15.4. The molecule has 1 heterocycles. The molecular weight excluding hydrogens is 340 g/mol. The van der Waals surface area contributed by atoms with E-state index in [1.165, 1.54) is 6.08 Å². The number of carbonyl (C=O) groups is 2. The van der Waals surface area contributed by atoms with Gasteiger partial charge in [0.05, 0.1) is 6.61 Å². The summed E-state index contributed by atoms with van der Waals surface area (Å²) in [5, 5.41) is 12.6. The Kier molecular flexibility index (Phi) is 4.52. The Bertz CT molecular complexity index is 628. The summed E-state index contributed by atoms with van der Waals surface area (Å²) in [7, 11) is 0. The summed E-state index contributed by atoms with van der Waals surface area (Å²) in [5.41, 5.74) is 0.507. The molecule has 2 N–H and O–H groups in total. The minimum atomic E-state index is -0.465. The highest BCUT2D eigenvalue weighted by molar-refractivity contribution is 9.10. The van der Waals surface area contributed by atoms with Crippen molar-refractivity contribution in [1.82, 2.24) is 10.2 Å². The molecule has 2 rings (SSSR count). The molecule has 112 valence electrons. The number of hydrogen-bond acceptors (Lipinski definition) is 4. The van der Waals surface area contributed by atoms with Crippen molar-refractivity contribution in [3.8, 4) is 11.5 Å². The number of phenols is 1. The normalized spacial score (nSPS) is 16.5. The molecule has 7 heteroatoms. The van der Waals surface area contributed by atoms with E-state index in [9.17, 15) is 14.7 Å². The molecule has 3 amide bonds. The number of ether oxygens (including phenoxy) is 1. The molecule has 0 aromatic heterocycles. The van der Waals surface area contributed by atoms with Crippen molar-refractivity contribution in [1.29, 1.82) is 0 Å². The zero-order chi connectivity index (χ0) is 15.6. The van der Waals surface area contributed by atoms with Crippen LogP contribution >= 0.6 is 15.9 Å². The quantitative estimate of drug-likeness (QED) is 0.643. The van der Waals surface area contributed by atoms with Crippen LogP contribution in [0.2, 0.25) is 0 Å². The summed E-state index contributed by atoms with van der Waals surface area (Å²) in [5.74, 6) is -0.188. The van der Waals surface area contributed by atoms with E-state index in [1.807, 2.05) is 0 Å². The third-order valence-corrected chi connectivity index (χ3v) is 3.41. The Balaban J connectivity index is 2.42. The predicted molar refractivity (Wildman–Crippen MR) is 80.9 cm³/mol. The molecule has 0 spiro atoms. The number of aromatic hydroxyl groups is 1. The molecule has 1 aliphatic rings. The first-order valence-corrected chi connectivity index (χ1v) is 7.27. The van der Waals surface area contributed by atoms with Gasteiger partial charge < -0.3 is 15.2 Å². The van der Waals surface area contributed by atoms with Crippen LogP contribution in [0.1, 0.15) is 19.4 Å². The van der Waals surface area contributed by atoms with Crippen molar-refractivity contribution >= 4 is 33.9 Å². The monoisotopic (exact) mass is 354 g/mol. The van der Waals surface area contributed by atoms with Gasteiger partial charge in [-0.2, -0.15) is 0 Å². The first-order valence-electron chi connectivity index (χ1n) is 6.47. The van der Waals surface area contributed by atoms with Crippen LogP contribution in [0.4, 0.5) is 4.79 Å². The van der Waals surface area contributed by atoms with Gasteiger partial charge in [-0.25, -0.2) is 4.79 Å². The maximum absolute atomic E-state index is 12.0. The van der Waals surface area contributed by atoms with Gasteiger partial charge in [-0.3, -0.25) is 9.69 Å². The summed E-state index contributed by atoms with van der Waals surface area (Å²) >= 11 is 3.32. The summed E-state index contributed by atoms with van der Waals surface area (Å²) in [6.45, 7) is 4.21. The Hall–Kier alpha value is -2.02. The maximum Gasteiger partial charge on any atom is 0.328 e. The molecule has 0 atom stereocenters. The number of likely N-dealkylation sites (N-methyl/N-ethyl adjacent to an activating group) is 1. The second-order valence-electron chi connectivity index (χ2n) is 4.31. The summed E-state index contributed by atoms with van der Waals surface area (Å²) in [6.07, 6.45) is 1.43. The number of benzene rings is 1. The SMILES string of the molecule is CCOc1cc(Br)cc(/C=C2/NC(=O)N(CC)C2=O)c1O. The maximum atomic E-state index is 12.0. The average molecular weight is 355 g/mol. The van der Waals surface area contributed by atoms with Gasteiger partial charge in [0, 0.05) is 16.6 Å². The minimum Gasteiger partial charge on any atom is -0.504 e. The number of nitrogens with one attached hydrogen (secondary N) is 1. The lowest BCUT2D eigenvalue weighted by molar-refractivity contribution is -0.122. The van der Waals surface area contributed by atoms with E-state index < -0.39 is 11.9 Å². The van der Waals surface area contributed by atoms with Crippen molar-refractivity contribution in [3.63, 3.8) is 0 Å². The van der Waals surface area contributed by atoms with Gasteiger partial charge in [0.25, 0.3) is 5.91 Å². The van der Waals surface area contributed by atoms with Gasteiger partial charge in [0.1, 0.15) is 5.70 Å². The number of rotatable bonds is 4. The summed E-state index contributed by atoms with van der Waals surface area (Å²) in [4.78, 5) is 24.7. The van der Waals surface area contributed by atoms with Crippen LogP contribution in [0, 0.1) is 0 Å².